The van der Waals surface area contributed by atoms with Gasteiger partial charge in [0.05, 0.1) is 12.3 Å². The van der Waals surface area contributed by atoms with Gasteiger partial charge in [0.1, 0.15) is 0 Å². The third-order valence-electron chi connectivity index (χ3n) is 5.88. The van der Waals surface area contributed by atoms with Crippen LogP contribution in [0.25, 0.3) is 0 Å². The summed E-state index contributed by atoms with van der Waals surface area (Å²) >= 11 is 0. The molecule has 1 aliphatic rings. The summed E-state index contributed by atoms with van der Waals surface area (Å²) in [6.07, 6.45) is 2.57. The number of carbonyl (C=O) groups excluding carboxylic acids is 2. The summed E-state index contributed by atoms with van der Waals surface area (Å²) in [5.41, 5.74) is 8.35. The standard InChI is InChI=1S/C25H31N3O4/c26-12-11-19-8-4-10-20(14-19)24(31)27-17-22-15-21(16-23(29)30)25(32)28(22)13-5-9-18-6-2-1-3-7-18/h1-4,6-8,10,14,21-22H,5,9,11-13,15-17,26H2,(H,27,31)(H,29,30)/t21-,22-/m0/s1. The lowest BCUT2D eigenvalue weighted by atomic mass is 10.0. The molecule has 170 valence electrons. The number of nitrogens with two attached hydrogens (primary N) is 1. The van der Waals surface area contributed by atoms with Gasteiger partial charge < -0.3 is 21.1 Å². The summed E-state index contributed by atoms with van der Waals surface area (Å²) in [7, 11) is 0. The molecule has 2 amide bonds. The van der Waals surface area contributed by atoms with Crippen LogP contribution in [-0.4, -0.2) is 53.5 Å². The molecule has 32 heavy (non-hydrogen) atoms. The molecule has 7 nitrogen and oxygen atoms in total. The minimum atomic E-state index is -0.978. The molecule has 4 N–H and O–H groups in total. The van der Waals surface area contributed by atoms with Gasteiger partial charge in [0.25, 0.3) is 5.91 Å². The highest BCUT2D eigenvalue weighted by molar-refractivity contribution is 5.94. The highest BCUT2D eigenvalue weighted by Crippen LogP contribution is 2.27. The maximum absolute atomic E-state index is 12.9. The van der Waals surface area contributed by atoms with E-state index in [1.807, 2.05) is 36.4 Å². The Kier molecular flexibility index (Phi) is 8.39. The molecular formula is C25H31N3O4. The molecule has 7 heteroatoms. The maximum Gasteiger partial charge on any atom is 0.304 e. The molecule has 1 fully saturated rings. The summed E-state index contributed by atoms with van der Waals surface area (Å²) in [6, 6.07) is 17.2. The van der Waals surface area contributed by atoms with Crippen molar-refractivity contribution in [2.24, 2.45) is 11.7 Å². The average Bonchev–Trinajstić information content (AvgIpc) is 3.07. The maximum atomic E-state index is 12.9. The molecule has 0 aliphatic carbocycles. The number of aryl methyl sites for hydroxylation is 1. The highest BCUT2D eigenvalue weighted by atomic mass is 16.4. The lowest BCUT2D eigenvalue weighted by Crippen LogP contribution is -2.42. The fraction of sp³-hybridized carbons (Fsp3) is 0.400. The van der Waals surface area contributed by atoms with Crippen molar-refractivity contribution in [2.45, 2.75) is 38.1 Å². The van der Waals surface area contributed by atoms with Crippen LogP contribution in [-0.2, 0) is 22.4 Å². The van der Waals surface area contributed by atoms with Gasteiger partial charge in [0.15, 0.2) is 0 Å². The second-order valence-electron chi connectivity index (χ2n) is 8.25. The van der Waals surface area contributed by atoms with Crippen molar-refractivity contribution in [3.05, 3.63) is 71.3 Å². The second-order valence-corrected chi connectivity index (χ2v) is 8.25. The summed E-state index contributed by atoms with van der Waals surface area (Å²) in [5, 5.41) is 12.1. The number of hydrogen-bond acceptors (Lipinski definition) is 4. The molecule has 1 aliphatic heterocycles. The normalized spacial score (nSPS) is 18.0. The van der Waals surface area contributed by atoms with Crippen LogP contribution in [0.1, 0.15) is 40.7 Å². The summed E-state index contributed by atoms with van der Waals surface area (Å²) in [5.74, 6) is -1.86. The molecule has 3 rings (SSSR count). The number of benzene rings is 2. The molecule has 0 bridgehead atoms. The van der Waals surface area contributed by atoms with Crippen molar-refractivity contribution < 1.29 is 19.5 Å². The lowest BCUT2D eigenvalue weighted by molar-refractivity contribution is -0.142. The summed E-state index contributed by atoms with van der Waals surface area (Å²) in [4.78, 5) is 38.5. The number of carbonyl (C=O) groups is 3. The molecule has 0 radical (unpaired) electrons. The van der Waals surface area contributed by atoms with Crippen LogP contribution in [0.2, 0.25) is 0 Å². The van der Waals surface area contributed by atoms with E-state index in [0.717, 1.165) is 18.4 Å². The van der Waals surface area contributed by atoms with Crippen LogP contribution in [0.4, 0.5) is 0 Å². The first-order chi connectivity index (χ1) is 15.5. The highest BCUT2D eigenvalue weighted by Gasteiger charge is 2.40. The second kappa shape index (κ2) is 11.4. The number of carboxylic acids is 1. The van der Waals surface area contributed by atoms with E-state index in [9.17, 15) is 19.5 Å². The topological polar surface area (TPSA) is 113 Å². The number of nitrogens with zero attached hydrogens (tertiary/aromatic N) is 1. The molecule has 2 aromatic carbocycles. The molecule has 1 heterocycles. The summed E-state index contributed by atoms with van der Waals surface area (Å²) < 4.78 is 0. The smallest absolute Gasteiger partial charge is 0.304 e. The van der Waals surface area contributed by atoms with Crippen LogP contribution in [0.3, 0.4) is 0 Å². The Morgan fingerprint density at radius 3 is 2.53 bits per heavy atom. The third-order valence-corrected chi connectivity index (χ3v) is 5.88. The van der Waals surface area contributed by atoms with Gasteiger partial charge in [-0.25, -0.2) is 0 Å². The SMILES string of the molecule is NCCc1cccc(C(=O)NC[C@@H]2C[C@@H](CC(=O)O)C(=O)N2CCCc2ccccc2)c1. The van der Waals surface area contributed by atoms with E-state index in [1.165, 1.54) is 5.56 Å². The van der Waals surface area contributed by atoms with E-state index in [4.69, 9.17) is 5.73 Å². The van der Waals surface area contributed by atoms with Gasteiger partial charge in [0.2, 0.25) is 5.91 Å². The number of aliphatic carboxylic acids is 1. The number of likely N-dealkylation sites (tertiary alicyclic amines) is 1. The largest absolute Gasteiger partial charge is 0.481 e. The summed E-state index contributed by atoms with van der Waals surface area (Å²) in [6.45, 7) is 1.35. The minimum Gasteiger partial charge on any atom is -0.481 e. The number of amides is 2. The Bertz CT molecular complexity index is 932. The Balaban J connectivity index is 1.61. The zero-order valence-corrected chi connectivity index (χ0v) is 18.2. The molecule has 1 saturated heterocycles. The number of carboxylic acid groups (broad SMARTS) is 1. The monoisotopic (exact) mass is 437 g/mol. The van der Waals surface area contributed by atoms with Crippen LogP contribution in [0.5, 0.6) is 0 Å². The minimum absolute atomic E-state index is 0.135. The van der Waals surface area contributed by atoms with Crippen LogP contribution >= 0.6 is 0 Å². The number of rotatable bonds is 11. The van der Waals surface area contributed by atoms with Gasteiger partial charge in [-0.3, -0.25) is 14.4 Å². The van der Waals surface area contributed by atoms with E-state index in [-0.39, 0.29) is 24.3 Å². The van der Waals surface area contributed by atoms with Gasteiger partial charge in [-0.15, -0.1) is 0 Å². The van der Waals surface area contributed by atoms with Crippen molar-refractivity contribution in [2.75, 3.05) is 19.6 Å². The van der Waals surface area contributed by atoms with E-state index >= 15 is 0 Å². The molecule has 0 unspecified atom stereocenters. The van der Waals surface area contributed by atoms with Crippen molar-refractivity contribution in [3.63, 3.8) is 0 Å². The van der Waals surface area contributed by atoms with Gasteiger partial charge in [0, 0.05) is 24.7 Å². The first-order valence-electron chi connectivity index (χ1n) is 11.1. The Labute approximate surface area is 188 Å². The molecule has 0 spiro atoms. The zero-order valence-electron chi connectivity index (χ0n) is 18.2. The fourth-order valence-electron chi connectivity index (χ4n) is 4.28. The van der Waals surface area contributed by atoms with E-state index in [1.54, 1.807) is 11.0 Å². The Morgan fingerprint density at radius 1 is 1.06 bits per heavy atom. The van der Waals surface area contributed by atoms with Gasteiger partial charge in [-0.2, -0.15) is 0 Å². The molecular weight excluding hydrogens is 406 g/mol. The van der Waals surface area contributed by atoms with Crippen LogP contribution in [0.15, 0.2) is 54.6 Å². The van der Waals surface area contributed by atoms with Gasteiger partial charge in [-0.05, 0) is 55.5 Å². The van der Waals surface area contributed by atoms with E-state index in [2.05, 4.69) is 17.4 Å². The molecule has 0 saturated carbocycles. The molecule has 0 aromatic heterocycles. The molecule has 2 aromatic rings. The predicted octanol–water partition coefficient (Wildman–Crippen LogP) is 2.24. The molecule has 2 atom stereocenters. The number of nitrogens with one attached hydrogen (secondary N) is 1. The van der Waals surface area contributed by atoms with Crippen molar-refractivity contribution >= 4 is 17.8 Å². The predicted molar refractivity (Wildman–Crippen MR) is 122 cm³/mol. The van der Waals surface area contributed by atoms with Gasteiger partial charge >= 0.3 is 5.97 Å². The van der Waals surface area contributed by atoms with Gasteiger partial charge in [-0.1, -0.05) is 42.5 Å². The Morgan fingerprint density at radius 2 is 1.81 bits per heavy atom. The van der Waals surface area contributed by atoms with Crippen molar-refractivity contribution in [1.82, 2.24) is 10.2 Å². The fourth-order valence-corrected chi connectivity index (χ4v) is 4.28. The first-order valence-corrected chi connectivity index (χ1v) is 11.1. The quantitative estimate of drug-likeness (QED) is 0.499. The first kappa shape index (κ1) is 23.5. The average molecular weight is 438 g/mol. The number of hydrogen-bond donors (Lipinski definition) is 3. The van der Waals surface area contributed by atoms with Crippen molar-refractivity contribution in [1.29, 1.82) is 0 Å². The third kappa shape index (κ3) is 6.40. The van der Waals surface area contributed by atoms with Crippen LogP contribution < -0.4 is 11.1 Å². The zero-order chi connectivity index (χ0) is 22.9. The van der Waals surface area contributed by atoms with E-state index < -0.39 is 11.9 Å². The van der Waals surface area contributed by atoms with Crippen molar-refractivity contribution in [3.8, 4) is 0 Å². The Hall–Kier alpha value is -3.19. The lowest BCUT2D eigenvalue weighted by Gasteiger charge is -2.25. The van der Waals surface area contributed by atoms with Crippen LogP contribution in [0, 0.1) is 5.92 Å². The van der Waals surface area contributed by atoms with E-state index in [0.29, 0.717) is 38.0 Å².